The number of halogens is 2. The number of benzene rings is 1. The maximum atomic E-state index is 6.05. The quantitative estimate of drug-likeness (QED) is 0.878. The molecular weight excluding hydrogens is 289 g/mol. The molecule has 1 aromatic carbocycles. The number of rotatable bonds is 4. The lowest BCUT2D eigenvalue weighted by molar-refractivity contribution is 0.749. The van der Waals surface area contributed by atoms with Crippen LogP contribution >= 0.6 is 35.4 Å². The number of fused-ring (bicyclic) bond motifs is 1. The average Bonchev–Trinajstić information content (AvgIpc) is 2.58. The average molecular weight is 302 g/mol. The molecule has 0 atom stereocenters. The Labute approximate surface area is 121 Å². The van der Waals surface area contributed by atoms with Crippen molar-refractivity contribution in [2.45, 2.75) is 26.3 Å². The normalized spacial score (nSPS) is 11.1. The Morgan fingerprint density at radius 3 is 2.67 bits per heavy atom. The van der Waals surface area contributed by atoms with Crippen LogP contribution in [-0.4, -0.2) is 14.5 Å². The molecule has 0 spiro atoms. The predicted octanol–water partition coefficient (Wildman–Crippen LogP) is 3.58. The number of nitrogens with zero attached hydrogens (tertiary/aromatic N) is 2. The molecule has 18 heavy (non-hydrogen) atoms. The summed E-state index contributed by atoms with van der Waals surface area (Å²) in [4.78, 5) is 4.99. The van der Waals surface area contributed by atoms with Gasteiger partial charge in [-0.2, -0.15) is 0 Å². The second kappa shape index (κ2) is 5.43. The highest BCUT2D eigenvalue weighted by Gasteiger charge is 2.13. The van der Waals surface area contributed by atoms with E-state index in [9.17, 15) is 0 Å². The largest absolute Gasteiger partial charge is 0.392 e. The van der Waals surface area contributed by atoms with Gasteiger partial charge in [0.1, 0.15) is 5.82 Å². The Balaban J connectivity index is 2.64. The van der Waals surface area contributed by atoms with Gasteiger partial charge in [-0.1, -0.05) is 42.3 Å². The van der Waals surface area contributed by atoms with E-state index in [0.29, 0.717) is 21.6 Å². The van der Waals surface area contributed by atoms with Gasteiger partial charge in [0, 0.05) is 6.42 Å². The monoisotopic (exact) mass is 301 g/mol. The molecule has 2 aromatic rings. The molecule has 0 aliphatic carbocycles. The molecule has 96 valence electrons. The van der Waals surface area contributed by atoms with Gasteiger partial charge in [0.15, 0.2) is 0 Å². The first-order chi connectivity index (χ1) is 8.52. The summed E-state index contributed by atoms with van der Waals surface area (Å²) >= 11 is 17.0. The molecular formula is C12H13Cl2N3S. The Bertz CT molecular complexity index is 607. The van der Waals surface area contributed by atoms with Gasteiger partial charge < -0.3 is 10.3 Å². The van der Waals surface area contributed by atoms with Crippen LogP contribution in [0, 0.1) is 0 Å². The predicted molar refractivity (Wildman–Crippen MR) is 80.5 cm³/mol. The number of thiocarbonyl (C=S) groups is 1. The highest BCUT2D eigenvalue weighted by atomic mass is 35.5. The third-order valence-electron chi connectivity index (χ3n) is 2.66. The molecule has 0 radical (unpaired) electrons. The van der Waals surface area contributed by atoms with E-state index in [1.807, 2.05) is 10.6 Å². The number of imidazole rings is 1. The molecule has 2 N–H and O–H groups in total. The number of hydrogen-bond donors (Lipinski definition) is 1. The fraction of sp³-hybridized carbons (Fsp3) is 0.333. The summed E-state index contributed by atoms with van der Waals surface area (Å²) in [5.74, 6) is 0.957. The summed E-state index contributed by atoms with van der Waals surface area (Å²) in [5.41, 5.74) is 7.37. The highest BCUT2D eigenvalue weighted by molar-refractivity contribution is 7.80. The Hall–Kier alpha value is -0.840. The summed E-state index contributed by atoms with van der Waals surface area (Å²) in [6, 6.07) is 3.58. The molecule has 1 heterocycles. The van der Waals surface area contributed by atoms with Crippen LogP contribution in [0.15, 0.2) is 12.1 Å². The van der Waals surface area contributed by atoms with Crippen LogP contribution in [0.4, 0.5) is 0 Å². The SMILES string of the molecule is CCCc1nc2cc(Cl)c(Cl)cc2n1CC(N)=S. The zero-order valence-electron chi connectivity index (χ0n) is 9.91. The minimum Gasteiger partial charge on any atom is -0.392 e. The van der Waals surface area contributed by atoms with Crippen molar-refractivity contribution in [3.05, 3.63) is 28.0 Å². The van der Waals surface area contributed by atoms with E-state index in [1.54, 1.807) is 6.07 Å². The Kier molecular flexibility index (Phi) is 4.10. The number of aryl methyl sites for hydroxylation is 1. The summed E-state index contributed by atoms with van der Waals surface area (Å²) in [6.07, 6.45) is 1.87. The van der Waals surface area contributed by atoms with Crippen LogP contribution in [0.5, 0.6) is 0 Å². The second-order valence-electron chi connectivity index (χ2n) is 4.09. The molecule has 0 bridgehead atoms. The van der Waals surface area contributed by atoms with E-state index in [-0.39, 0.29) is 0 Å². The summed E-state index contributed by atoms with van der Waals surface area (Å²) in [6.45, 7) is 2.57. The molecule has 0 aliphatic heterocycles. The third kappa shape index (κ3) is 2.60. The molecule has 0 saturated carbocycles. The van der Waals surface area contributed by atoms with Crippen LogP contribution in [0.1, 0.15) is 19.2 Å². The molecule has 0 amide bonds. The van der Waals surface area contributed by atoms with E-state index in [0.717, 1.165) is 29.7 Å². The van der Waals surface area contributed by atoms with Crippen LogP contribution in [0.25, 0.3) is 11.0 Å². The van der Waals surface area contributed by atoms with Gasteiger partial charge in [-0.15, -0.1) is 0 Å². The maximum absolute atomic E-state index is 6.05. The van der Waals surface area contributed by atoms with Crippen LogP contribution in [0.2, 0.25) is 10.0 Å². The molecule has 0 aliphatic rings. The maximum Gasteiger partial charge on any atom is 0.110 e. The number of nitrogens with two attached hydrogens (primary N) is 1. The van der Waals surface area contributed by atoms with Gasteiger partial charge in [-0.25, -0.2) is 4.98 Å². The van der Waals surface area contributed by atoms with E-state index in [1.165, 1.54) is 0 Å². The van der Waals surface area contributed by atoms with Crippen molar-refractivity contribution in [1.82, 2.24) is 9.55 Å². The summed E-state index contributed by atoms with van der Waals surface area (Å²) in [5, 5.41) is 1.02. The van der Waals surface area contributed by atoms with E-state index in [2.05, 4.69) is 11.9 Å². The van der Waals surface area contributed by atoms with Crippen molar-refractivity contribution in [1.29, 1.82) is 0 Å². The van der Waals surface area contributed by atoms with Gasteiger partial charge in [0.25, 0.3) is 0 Å². The first kappa shape index (κ1) is 13.6. The molecule has 0 fully saturated rings. The molecule has 1 aromatic heterocycles. The molecule has 0 unspecified atom stereocenters. The molecule has 6 heteroatoms. The smallest absolute Gasteiger partial charge is 0.110 e. The van der Waals surface area contributed by atoms with Crippen LogP contribution < -0.4 is 5.73 Å². The second-order valence-corrected chi connectivity index (χ2v) is 5.42. The first-order valence-electron chi connectivity index (χ1n) is 5.65. The van der Waals surface area contributed by atoms with Crippen molar-refractivity contribution in [2.24, 2.45) is 5.73 Å². The first-order valence-corrected chi connectivity index (χ1v) is 6.81. The van der Waals surface area contributed by atoms with Crippen molar-refractivity contribution in [2.75, 3.05) is 0 Å². The summed E-state index contributed by atoms with van der Waals surface area (Å²) in [7, 11) is 0. The molecule has 0 saturated heterocycles. The minimum atomic E-state index is 0.428. The molecule has 3 nitrogen and oxygen atoms in total. The highest BCUT2D eigenvalue weighted by Crippen LogP contribution is 2.28. The summed E-state index contributed by atoms with van der Waals surface area (Å²) < 4.78 is 2.00. The van der Waals surface area contributed by atoms with Gasteiger partial charge in [-0.3, -0.25) is 0 Å². The van der Waals surface area contributed by atoms with Gasteiger partial charge in [-0.05, 0) is 18.6 Å². The van der Waals surface area contributed by atoms with Crippen molar-refractivity contribution < 1.29 is 0 Å². The Morgan fingerprint density at radius 2 is 2.06 bits per heavy atom. The van der Waals surface area contributed by atoms with Gasteiger partial charge >= 0.3 is 0 Å². The third-order valence-corrected chi connectivity index (χ3v) is 3.51. The molecule has 2 rings (SSSR count). The van der Waals surface area contributed by atoms with Crippen LogP contribution in [0.3, 0.4) is 0 Å². The van der Waals surface area contributed by atoms with Crippen molar-refractivity contribution in [3.63, 3.8) is 0 Å². The lowest BCUT2D eigenvalue weighted by Crippen LogP contribution is -2.18. The van der Waals surface area contributed by atoms with E-state index < -0.39 is 0 Å². The fourth-order valence-electron chi connectivity index (χ4n) is 1.92. The zero-order valence-corrected chi connectivity index (χ0v) is 12.2. The minimum absolute atomic E-state index is 0.428. The lowest BCUT2D eigenvalue weighted by Gasteiger charge is -2.07. The standard InChI is InChI=1S/C12H13Cl2N3S/c1-2-3-12-16-9-4-7(13)8(14)5-10(9)17(12)6-11(15)18/h4-5H,2-3,6H2,1H3,(H2,15,18). The van der Waals surface area contributed by atoms with E-state index >= 15 is 0 Å². The number of aromatic nitrogens is 2. The number of hydrogen-bond acceptors (Lipinski definition) is 2. The van der Waals surface area contributed by atoms with E-state index in [4.69, 9.17) is 41.2 Å². The zero-order chi connectivity index (χ0) is 13.3. The van der Waals surface area contributed by atoms with Gasteiger partial charge in [0.2, 0.25) is 0 Å². The van der Waals surface area contributed by atoms with Gasteiger partial charge in [0.05, 0.1) is 32.6 Å². The fourth-order valence-corrected chi connectivity index (χ4v) is 2.36. The van der Waals surface area contributed by atoms with Crippen molar-refractivity contribution in [3.8, 4) is 0 Å². The van der Waals surface area contributed by atoms with Crippen molar-refractivity contribution >= 4 is 51.4 Å². The Morgan fingerprint density at radius 1 is 1.39 bits per heavy atom. The lowest BCUT2D eigenvalue weighted by atomic mass is 10.3. The van der Waals surface area contributed by atoms with Crippen LogP contribution in [-0.2, 0) is 13.0 Å². The topological polar surface area (TPSA) is 43.8 Å².